The number of fused-ring (bicyclic) bond motifs is 1. The third-order valence-electron chi connectivity index (χ3n) is 3.97. The fraction of sp³-hybridized carbons (Fsp3) is 0.562. The topological polar surface area (TPSA) is 53.1 Å². The van der Waals surface area contributed by atoms with Crippen LogP contribution in [0.2, 0.25) is 0 Å². The molecule has 0 aliphatic rings. The van der Waals surface area contributed by atoms with Gasteiger partial charge in [0.2, 0.25) is 5.95 Å². The van der Waals surface area contributed by atoms with Crippen molar-refractivity contribution in [2.75, 3.05) is 12.8 Å². The molecule has 110 valence electrons. The molecule has 0 fully saturated rings. The van der Waals surface area contributed by atoms with E-state index in [9.17, 15) is 0 Å². The van der Waals surface area contributed by atoms with Crippen molar-refractivity contribution in [3.63, 3.8) is 0 Å². The summed E-state index contributed by atoms with van der Waals surface area (Å²) in [5, 5.41) is 0. The van der Waals surface area contributed by atoms with Gasteiger partial charge in [0.05, 0.1) is 18.1 Å². The van der Waals surface area contributed by atoms with Gasteiger partial charge in [-0.05, 0) is 24.5 Å². The van der Waals surface area contributed by atoms with E-state index < -0.39 is 0 Å². The van der Waals surface area contributed by atoms with E-state index in [0.29, 0.717) is 11.9 Å². The van der Waals surface area contributed by atoms with Gasteiger partial charge in [-0.25, -0.2) is 4.98 Å². The Kier molecular flexibility index (Phi) is 4.88. The van der Waals surface area contributed by atoms with Crippen LogP contribution in [0.25, 0.3) is 11.0 Å². The molecule has 0 aliphatic heterocycles. The van der Waals surface area contributed by atoms with E-state index in [2.05, 4.69) is 23.4 Å². The number of imidazole rings is 1. The Morgan fingerprint density at radius 3 is 2.80 bits per heavy atom. The highest BCUT2D eigenvalue weighted by molar-refractivity contribution is 5.79. The zero-order chi connectivity index (χ0) is 14.5. The number of ether oxygens (including phenoxy) is 1. The lowest BCUT2D eigenvalue weighted by Gasteiger charge is -2.16. The van der Waals surface area contributed by atoms with Crippen molar-refractivity contribution in [3.05, 3.63) is 18.2 Å². The molecule has 1 aromatic carbocycles. The summed E-state index contributed by atoms with van der Waals surface area (Å²) >= 11 is 0. The molecule has 0 bridgehead atoms. The monoisotopic (exact) mass is 275 g/mol. The lowest BCUT2D eigenvalue weighted by atomic mass is 9.99. The van der Waals surface area contributed by atoms with Gasteiger partial charge in [0.25, 0.3) is 0 Å². The van der Waals surface area contributed by atoms with E-state index in [1.54, 1.807) is 7.11 Å². The van der Waals surface area contributed by atoms with Gasteiger partial charge >= 0.3 is 0 Å². The lowest BCUT2D eigenvalue weighted by Crippen LogP contribution is -2.12. The molecule has 1 aromatic heterocycles. The van der Waals surface area contributed by atoms with Crippen molar-refractivity contribution < 1.29 is 4.74 Å². The highest BCUT2D eigenvalue weighted by Gasteiger charge is 2.13. The number of benzene rings is 1. The molecule has 1 unspecified atom stereocenters. The van der Waals surface area contributed by atoms with Gasteiger partial charge in [-0.2, -0.15) is 0 Å². The second-order valence-corrected chi connectivity index (χ2v) is 5.35. The van der Waals surface area contributed by atoms with E-state index in [1.165, 1.54) is 25.7 Å². The van der Waals surface area contributed by atoms with Gasteiger partial charge in [-0.1, -0.05) is 33.1 Å². The fourth-order valence-corrected chi connectivity index (χ4v) is 2.62. The van der Waals surface area contributed by atoms with Crippen molar-refractivity contribution in [1.82, 2.24) is 9.55 Å². The third-order valence-corrected chi connectivity index (χ3v) is 3.97. The molecule has 0 saturated carbocycles. The minimum absolute atomic E-state index is 0.600. The number of unbranched alkanes of at least 4 members (excludes halogenated alkanes) is 1. The zero-order valence-electron chi connectivity index (χ0n) is 12.7. The summed E-state index contributed by atoms with van der Waals surface area (Å²) in [6, 6.07) is 5.95. The molecule has 2 rings (SSSR count). The summed E-state index contributed by atoms with van der Waals surface area (Å²) < 4.78 is 7.37. The number of nitrogen functional groups attached to an aromatic ring is 1. The summed E-state index contributed by atoms with van der Waals surface area (Å²) in [4.78, 5) is 4.45. The fourth-order valence-electron chi connectivity index (χ4n) is 2.62. The highest BCUT2D eigenvalue weighted by atomic mass is 16.5. The quantitative estimate of drug-likeness (QED) is 0.835. The van der Waals surface area contributed by atoms with Crippen LogP contribution in [-0.4, -0.2) is 16.7 Å². The Morgan fingerprint density at radius 2 is 2.15 bits per heavy atom. The molecule has 4 nitrogen and oxygen atoms in total. The van der Waals surface area contributed by atoms with E-state index in [4.69, 9.17) is 10.5 Å². The first-order valence-corrected chi connectivity index (χ1v) is 7.49. The first-order chi connectivity index (χ1) is 9.69. The van der Waals surface area contributed by atoms with Crippen molar-refractivity contribution in [1.29, 1.82) is 0 Å². The molecule has 1 atom stereocenters. The zero-order valence-corrected chi connectivity index (χ0v) is 12.7. The molecule has 1 heterocycles. The SMILES string of the molecule is CCCCC(CC)Cn1c(N)nc2cc(OC)ccc21. The minimum Gasteiger partial charge on any atom is -0.497 e. The normalized spacial score (nSPS) is 12.8. The number of methoxy groups -OCH3 is 1. The number of aromatic nitrogens is 2. The van der Waals surface area contributed by atoms with Gasteiger partial charge in [-0.3, -0.25) is 0 Å². The van der Waals surface area contributed by atoms with E-state index in [-0.39, 0.29) is 0 Å². The summed E-state index contributed by atoms with van der Waals surface area (Å²) in [6.07, 6.45) is 4.95. The maximum Gasteiger partial charge on any atom is 0.201 e. The number of anilines is 1. The molecule has 0 radical (unpaired) electrons. The standard InChI is InChI=1S/C16H25N3O/c1-4-6-7-12(5-2)11-19-15-9-8-13(20-3)10-14(15)18-16(19)17/h8-10,12H,4-7,11H2,1-3H3,(H2,17,18). The van der Waals surface area contributed by atoms with Crippen LogP contribution in [0.3, 0.4) is 0 Å². The Balaban J connectivity index is 2.26. The molecular formula is C16H25N3O. The largest absolute Gasteiger partial charge is 0.497 e. The molecule has 0 saturated heterocycles. The summed E-state index contributed by atoms with van der Waals surface area (Å²) in [6.45, 7) is 5.43. The second kappa shape index (κ2) is 6.64. The van der Waals surface area contributed by atoms with E-state index in [0.717, 1.165) is 23.3 Å². The Morgan fingerprint density at radius 1 is 1.35 bits per heavy atom. The number of rotatable bonds is 7. The predicted molar refractivity (Wildman–Crippen MR) is 84.0 cm³/mol. The molecular weight excluding hydrogens is 250 g/mol. The highest BCUT2D eigenvalue weighted by Crippen LogP contribution is 2.25. The van der Waals surface area contributed by atoms with Crippen molar-refractivity contribution in [2.24, 2.45) is 5.92 Å². The van der Waals surface area contributed by atoms with Crippen LogP contribution in [0.15, 0.2) is 18.2 Å². The Labute approximate surface area is 120 Å². The van der Waals surface area contributed by atoms with Crippen LogP contribution in [0, 0.1) is 5.92 Å². The molecule has 20 heavy (non-hydrogen) atoms. The van der Waals surface area contributed by atoms with Crippen LogP contribution in [0.1, 0.15) is 39.5 Å². The number of nitrogens with zero attached hydrogens (tertiary/aromatic N) is 2. The van der Waals surface area contributed by atoms with E-state index >= 15 is 0 Å². The maximum absolute atomic E-state index is 6.09. The van der Waals surface area contributed by atoms with Crippen LogP contribution in [0.5, 0.6) is 5.75 Å². The summed E-state index contributed by atoms with van der Waals surface area (Å²) in [5.74, 6) is 2.08. The van der Waals surface area contributed by atoms with Crippen LogP contribution in [0.4, 0.5) is 5.95 Å². The van der Waals surface area contributed by atoms with Crippen LogP contribution >= 0.6 is 0 Å². The number of hydrogen-bond donors (Lipinski definition) is 1. The summed E-state index contributed by atoms with van der Waals surface area (Å²) in [5.41, 5.74) is 8.09. The third kappa shape index (κ3) is 3.06. The Bertz CT molecular complexity index is 562. The first kappa shape index (κ1) is 14.7. The number of nitrogens with two attached hydrogens (primary N) is 1. The van der Waals surface area contributed by atoms with E-state index in [1.807, 2.05) is 18.2 Å². The molecule has 0 spiro atoms. The number of hydrogen-bond acceptors (Lipinski definition) is 3. The molecule has 2 aromatic rings. The molecule has 0 amide bonds. The van der Waals surface area contributed by atoms with Gasteiger partial charge in [0.1, 0.15) is 5.75 Å². The smallest absolute Gasteiger partial charge is 0.201 e. The van der Waals surface area contributed by atoms with Crippen molar-refractivity contribution in [2.45, 2.75) is 46.1 Å². The van der Waals surface area contributed by atoms with Gasteiger partial charge < -0.3 is 15.0 Å². The lowest BCUT2D eigenvalue weighted by molar-refractivity contribution is 0.397. The average Bonchev–Trinajstić information content (AvgIpc) is 2.78. The Hall–Kier alpha value is -1.71. The molecule has 0 aliphatic carbocycles. The van der Waals surface area contributed by atoms with Crippen LogP contribution in [-0.2, 0) is 6.54 Å². The first-order valence-electron chi connectivity index (χ1n) is 7.49. The van der Waals surface area contributed by atoms with Gasteiger partial charge in [-0.15, -0.1) is 0 Å². The van der Waals surface area contributed by atoms with Crippen molar-refractivity contribution >= 4 is 17.0 Å². The van der Waals surface area contributed by atoms with Crippen LogP contribution < -0.4 is 10.5 Å². The average molecular weight is 275 g/mol. The summed E-state index contributed by atoms with van der Waals surface area (Å²) in [7, 11) is 1.67. The molecule has 4 heteroatoms. The maximum atomic E-state index is 6.09. The second-order valence-electron chi connectivity index (χ2n) is 5.35. The van der Waals surface area contributed by atoms with Crippen molar-refractivity contribution in [3.8, 4) is 5.75 Å². The molecule has 2 N–H and O–H groups in total. The predicted octanol–water partition coefficient (Wildman–Crippen LogP) is 3.84. The minimum atomic E-state index is 0.600. The van der Waals surface area contributed by atoms with Gasteiger partial charge in [0, 0.05) is 12.6 Å². The van der Waals surface area contributed by atoms with Gasteiger partial charge in [0.15, 0.2) is 0 Å².